The minimum atomic E-state index is -0.710. The molecular formula is C20H23ClN4O5. The number of nitro groups is 1. The van der Waals surface area contributed by atoms with Crippen LogP contribution in [0.15, 0.2) is 34.7 Å². The maximum absolute atomic E-state index is 12.2. The van der Waals surface area contributed by atoms with Crippen LogP contribution in [-0.4, -0.2) is 47.8 Å². The van der Waals surface area contributed by atoms with Gasteiger partial charge in [-0.3, -0.25) is 19.7 Å². The van der Waals surface area contributed by atoms with E-state index in [2.05, 4.69) is 10.2 Å². The third kappa shape index (κ3) is 5.10. The third-order valence-corrected chi connectivity index (χ3v) is 5.06. The van der Waals surface area contributed by atoms with Crippen molar-refractivity contribution in [3.8, 4) is 0 Å². The summed E-state index contributed by atoms with van der Waals surface area (Å²) in [5.41, 5.74) is 1.26. The van der Waals surface area contributed by atoms with E-state index in [0.717, 1.165) is 11.8 Å². The molecule has 1 aromatic carbocycles. The summed E-state index contributed by atoms with van der Waals surface area (Å²) in [7, 11) is 0. The van der Waals surface area contributed by atoms with E-state index in [1.807, 2.05) is 18.7 Å². The summed E-state index contributed by atoms with van der Waals surface area (Å²) in [4.78, 5) is 38.4. The average Bonchev–Trinajstić information content (AvgIpc) is 3.18. The smallest absolute Gasteiger partial charge is 0.395 e. The minimum absolute atomic E-state index is 0.163. The van der Waals surface area contributed by atoms with Gasteiger partial charge in [0.15, 0.2) is 5.76 Å². The van der Waals surface area contributed by atoms with Crippen LogP contribution >= 0.6 is 11.6 Å². The molecule has 3 rings (SSSR count). The van der Waals surface area contributed by atoms with E-state index >= 15 is 0 Å². The molecule has 10 heteroatoms. The van der Waals surface area contributed by atoms with Crippen molar-refractivity contribution in [3.63, 3.8) is 0 Å². The van der Waals surface area contributed by atoms with Crippen molar-refractivity contribution in [1.29, 1.82) is 0 Å². The second-order valence-corrected chi connectivity index (χ2v) is 7.89. The Kier molecular flexibility index (Phi) is 6.61. The number of nitrogens with zero attached hydrogens (tertiary/aromatic N) is 3. The fourth-order valence-electron chi connectivity index (χ4n) is 3.26. The molecule has 160 valence electrons. The van der Waals surface area contributed by atoms with Crippen LogP contribution in [-0.2, 0) is 4.79 Å². The number of nitrogens with one attached hydrogen (secondary N) is 1. The number of hydrogen-bond acceptors (Lipinski definition) is 6. The number of carbonyl (C=O) groups excluding carboxylic acids is 2. The van der Waals surface area contributed by atoms with Gasteiger partial charge in [0.2, 0.25) is 5.91 Å². The number of hydrogen-bond donors (Lipinski definition) is 1. The molecule has 0 radical (unpaired) electrons. The predicted octanol–water partition coefficient (Wildman–Crippen LogP) is 3.79. The van der Waals surface area contributed by atoms with Crippen LogP contribution in [0.5, 0.6) is 0 Å². The Bertz CT molecular complexity index is 950. The first kappa shape index (κ1) is 21.6. The van der Waals surface area contributed by atoms with Gasteiger partial charge in [-0.2, -0.15) is 0 Å². The van der Waals surface area contributed by atoms with Crippen molar-refractivity contribution in [2.24, 2.45) is 5.92 Å². The van der Waals surface area contributed by atoms with Gasteiger partial charge >= 0.3 is 5.88 Å². The number of piperazine rings is 1. The quantitative estimate of drug-likeness (QED) is 0.547. The largest absolute Gasteiger partial charge is 0.433 e. The van der Waals surface area contributed by atoms with E-state index in [9.17, 15) is 19.7 Å². The minimum Gasteiger partial charge on any atom is -0.395 e. The lowest BCUT2D eigenvalue weighted by molar-refractivity contribution is -0.402. The molecule has 0 atom stereocenters. The van der Waals surface area contributed by atoms with Crippen LogP contribution in [0.4, 0.5) is 17.3 Å². The van der Waals surface area contributed by atoms with Gasteiger partial charge in [0.25, 0.3) is 5.91 Å². The number of carbonyl (C=O) groups is 2. The fourth-order valence-corrected chi connectivity index (χ4v) is 3.56. The number of furan rings is 1. The fraction of sp³-hybridized carbons (Fsp3) is 0.400. The summed E-state index contributed by atoms with van der Waals surface area (Å²) >= 11 is 6.42. The first-order valence-corrected chi connectivity index (χ1v) is 10.00. The normalized spacial score (nSPS) is 14.1. The lowest BCUT2D eigenvalue weighted by Gasteiger charge is -2.36. The van der Waals surface area contributed by atoms with Gasteiger partial charge in [-0.25, -0.2) is 0 Å². The Labute approximate surface area is 178 Å². The molecule has 0 saturated carbocycles. The van der Waals surface area contributed by atoms with Gasteiger partial charge in [0.05, 0.1) is 16.8 Å². The average molecular weight is 435 g/mol. The first-order valence-electron chi connectivity index (χ1n) is 9.62. The van der Waals surface area contributed by atoms with Gasteiger partial charge in [-0.15, -0.1) is 0 Å². The van der Waals surface area contributed by atoms with Crippen molar-refractivity contribution in [3.05, 3.63) is 51.2 Å². The molecule has 1 fully saturated rings. The van der Waals surface area contributed by atoms with E-state index in [0.29, 0.717) is 49.2 Å². The van der Waals surface area contributed by atoms with E-state index in [-0.39, 0.29) is 11.7 Å². The topological polar surface area (TPSA) is 109 Å². The monoisotopic (exact) mass is 434 g/mol. The Morgan fingerprint density at radius 1 is 1.20 bits per heavy atom. The van der Waals surface area contributed by atoms with Crippen LogP contribution in [0.3, 0.4) is 0 Å². The van der Waals surface area contributed by atoms with Crippen LogP contribution in [0.2, 0.25) is 5.02 Å². The second kappa shape index (κ2) is 9.17. The second-order valence-electron chi connectivity index (χ2n) is 7.48. The molecule has 0 aliphatic carbocycles. The van der Waals surface area contributed by atoms with Gasteiger partial charge in [-0.05, 0) is 30.2 Å². The zero-order valence-electron chi connectivity index (χ0n) is 16.8. The molecule has 0 unspecified atom stereocenters. The highest BCUT2D eigenvalue weighted by atomic mass is 35.5. The Morgan fingerprint density at radius 2 is 1.90 bits per heavy atom. The number of benzene rings is 1. The molecular weight excluding hydrogens is 412 g/mol. The van der Waals surface area contributed by atoms with Crippen LogP contribution in [0, 0.1) is 16.0 Å². The summed E-state index contributed by atoms with van der Waals surface area (Å²) in [6.07, 6.45) is 0.550. The highest BCUT2D eigenvalue weighted by molar-refractivity contribution is 6.33. The van der Waals surface area contributed by atoms with Crippen molar-refractivity contribution in [2.45, 2.75) is 20.3 Å². The lowest BCUT2D eigenvalue weighted by atomic mass is 10.1. The molecule has 2 amide bonds. The maximum Gasteiger partial charge on any atom is 0.433 e. The molecule has 1 saturated heterocycles. The zero-order chi connectivity index (χ0) is 21.8. The molecule has 2 heterocycles. The van der Waals surface area contributed by atoms with Gasteiger partial charge in [0.1, 0.15) is 4.92 Å². The number of anilines is 2. The summed E-state index contributed by atoms with van der Waals surface area (Å²) in [5, 5.41) is 13.7. The number of halogens is 1. The van der Waals surface area contributed by atoms with E-state index in [1.54, 1.807) is 18.2 Å². The molecule has 1 aromatic heterocycles. The van der Waals surface area contributed by atoms with Crippen molar-refractivity contribution in [1.82, 2.24) is 4.90 Å². The van der Waals surface area contributed by atoms with Crippen LogP contribution < -0.4 is 10.2 Å². The van der Waals surface area contributed by atoms with E-state index in [4.69, 9.17) is 16.0 Å². The standard InChI is InChI=1S/C20H23ClN4O5/c1-13(2)11-18(26)24-9-7-23(8-10-24)16-4-3-14(12-15(16)21)22-20(27)17-5-6-19(30-17)25(28)29/h3-6,12-13H,7-11H2,1-2H3,(H,22,27). The Hall–Kier alpha value is -3.07. The SMILES string of the molecule is CC(C)CC(=O)N1CCN(c2ccc(NC(=O)c3ccc([N+](=O)[O-])o3)cc2Cl)CC1. The third-order valence-electron chi connectivity index (χ3n) is 4.76. The zero-order valence-corrected chi connectivity index (χ0v) is 17.5. The van der Waals surface area contributed by atoms with E-state index in [1.165, 1.54) is 6.07 Å². The summed E-state index contributed by atoms with van der Waals surface area (Å²) in [6, 6.07) is 7.48. The Balaban J connectivity index is 1.61. The van der Waals surface area contributed by atoms with E-state index < -0.39 is 16.7 Å². The lowest BCUT2D eigenvalue weighted by Crippen LogP contribution is -2.49. The van der Waals surface area contributed by atoms with Crippen molar-refractivity contribution in [2.75, 3.05) is 36.4 Å². The molecule has 2 aromatic rings. The van der Waals surface area contributed by atoms with Gasteiger partial charge in [0, 0.05) is 38.3 Å². The Morgan fingerprint density at radius 3 is 2.47 bits per heavy atom. The number of amides is 2. The molecule has 30 heavy (non-hydrogen) atoms. The van der Waals surface area contributed by atoms with Gasteiger partial charge in [-0.1, -0.05) is 25.4 Å². The van der Waals surface area contributed by atoms with Gasteiger partial charge < -0.3 is 19.5 Å². The highest BCUT2D eigenvalue weighted by Crippen LogP contribution is 2.30. The summed E-state index contributed by atoms with van der Waals surface area (Å²) in [6.45, 7) is 6.68. The predicted molar refractivity (Wildman–Crippen MR) is 113 cm³/mol. The maximum atomic E-state index is 12.2. The first-order chi connectivity index (χ1) is 14.2. The summed E-state index contributed by atoms with van der Waals surface area (Å²) in [5.74, 6) is -0.764. The number of rotatable bonds is 6. The molecule has 1 aliphatic heterocycles. The summed E-state index contributed by atoms with van der Waals surface area (Å²) < 4.78 is 4.90. The molecule has 0 bridgehead atoms. The molecule has 1 aliphatic rings. The van der Waals surface area contributed by atoms with Crippen LogP contribution in [0.1, 0.15) is 30.8 Å². The van der Waals surface area contributed by atoms with Crippen LogP contribution in [0.25, 0.3) is 0 Å². The molecule has 1 N–H and O–H groups in total. The highest BCUT2D eigenvalue weighted by Gasteiger charge is 2.23. The van der Waals surface area contributed by atoms with Crippen molar-refractivity contribution >= 4 is 40.7 Å². The molecule has 9 nitrogen and oxygen atoms in total. The van der Waals surface area contributed by atoms with Crippen molar-refractivity contribution < 1.29 is 18.9 Å². The molecule has 0 spiro atoms.